The molecule has 98 valence electrons. The summed E-state index contributed by atoms with van der Waals surface area (Å²) in [6, 6.07) is 11.8. The highest BCUT2D eigenvalue weighted by molar-refractivity contribution is 14.1. The van der Waals surface area contributed by atoms with Crippen LogP contribution in [0, 0.1) is 3.57 Å². The fourth-order valence-electron chi connectivity index (χ4n) is 1.41. The Morgan fingerprint density at radius 2 is 1.58 bits per heavy atom. The average molecular weight is 407 g/mol. The molecule has 0 aliphatic rings. The molecule has 0 saturated heterocycles. The minimum Gasteiger partial charge on any atom is -0.308 e. The van der Waals surface area contributed by atoms with E-state index in [4.69, 9.17) is 23.2 Å². The number of carbonyl (C=O) groups excluding carboxylic acids is 1. The molecule has 2 amide bonds. The van der Waals surface area contributed by atoms with Gasteiger partial charge in [-0.3, -0.25) is 0 Å². The summed E-state index contributed by atoms with van der Waals surface area (Å²) < 4.78 is 0.872. The Bertz CT molecular complexity index is 602. The highest BCUT2D eigenvalue weighted by Crippen LogP contribution is 2.22. The van der Waals surface area contributed by atoms with E-state index in [-0.39, 0.29) is 6.03 Å². The number of benzene rings is 2. The van der Waals surface area contributed by atoms with Crippen LogP contribution < -0.4 is 10.6 Å². The predicted octanol–water partition coefficient (Wildman–Crippen LogP) is 5.24. The average Bonchev–Trinajstić information content (AvgIpc) is 2.36. The maximum atomic E-state index is 11.8. The van der Waals surface area contributed by atoms with Crippen molar-refractivity contribution in [1.82, 2.24) is 0 Å². The molecular weight excluding hydrogens is 398 g/mol. The van der Waals surface area contributed by atoms with Gasteiger partial charge in [0.2, 0.25) is 0 Å². The number of rotatable bonds is 2. The molecule has 2 N–H and O–H groups in total. The normalized spacial score (nSPS) is 10.1. The minimum atomic E-state index is -0.317. The first kappa shape index (κ1) is 14.4. The second-order valence-electron chi connectivity index (χ2n) is 3.71. The molecule has 0 unspecified atom stereocenters. The van der Waals surface area contributed by atoms with Gasteiger partial charge < -0.3 is 10.6 Å². The van der Waals surface area contributed by atoms with E-state index in [0.717, 1.165) is 3.57 Å². The van der Waals surface area contributed by atoms with Gasteiger partial charge in [0.05, 0.1) is 5.69 Å². The molecule has 0 fully saturated rings. The van der Waals surface area contributed by atoms with Crippen LogP contribution in [-0.4, -0.2) is 6.03 Å². The SMILES string of the molecule is O=C(Nc1ccc(Cl)cc1)Nc1ccc(Cl)cc1I. The molecule has 2 aromatic carbocycles. The molecule has 0 saturated carbocycles. The van der Waals surface area contributed by atoms with Crippen molar-refractivity contribution in [2.45, 2.75) is 0 Å². The van der Waals surface area contributed by atoms with E-state index in [0.29, 0.717) is 21.4 Å². The lowest BCUT2D eigenvalue weighted by Crippen LogP contribution is -2.19. The lowest BCUT2D eigenvalue weighted by Gasteiger charge is -2.09. The van der Waals surface area contributed by atoms with E-state index >= 15 is 0 Å². The first-order valence-corrected chi connectivity index (χ1v) is 7.17. The van der Waals surface area contributed by atoms with Gasteiger partial charge in [-0.1, -0.05) is 23.2 Å². The van der Waals surface area contributed by atoms with E-state index in [2.05, 4.69) is 33.2 Å². The van der Waals surface area contributed by atoms with Crippen molar-refractivity contribution in [1.29, 1.82) is 0 Å². The van der Waals surface area contributed by atoms with Crippen molar-refractivity contribution < 1.29 is 4.79 Å². The summed E-state index contributed by atoms with van der Waals surface area (Å²) in [5, 5.41) is 6.72. The first-order chi connectivity index (χ1) is 9.04. The number of amides is 2. The van der Waals surface area contributed by atoms with Gasteiger partial charge in [-0.15, -0.1) is 0 Å². The zero-order valence-corrected chi connectivity index (χ0v) is 13.3. The molecule has 0 aliphatic carbocycles. The third-order valence-electron chi connectivity index (χ3n) is 2.28. The number of hydrogen-bond donors (Lipinski definition) is 2. The predicted molar refractivity (Wildman–Crippen MR) is 88.3 cm³/mol. The zero-order valence-electron chi connectivity index (χ0n) is 9.58. The maximum Gasteiger partial charge on any atom is 0.323 e. The van der Waals surface area contributed by atoms with Crippen LogP contribution in [0.2, 0.25) is 10.0 Å². The largest absolute Gasteiger partial charge is 0.323 e. The standard InChI is InChI=1S/C13H9Cl2IN2O/c14-8-1-4-10(5-2-8)17-13(19)18-12-6-3-9(15)7-11(12)16/h1-7H,(H2,17,18,19). The van der Waals surface area contributed by atoms with Crippen molar-refractivity contribution in [2.75, 3.05) is 10.6 Å². The topological polar surface area (TPSA) is 41.1 Å². The fraction of sp³-hybridized carbons (Fsp3) is 0. The molecule has 0 aromatic heterocycles. The monoisotopic (exact) mass is 406 g/mol. The number of halogens is 3. The van der Waals surface area contributed by atoms with Gasteiger partial charge in [0.15, 0.2) is 0 Å². The molecule has 0 radical (unpaired) electrons. The summed E-state index contributed by atoms with van der Waals surface area (Å²) in [5.74, 6) is 0. The lowest BCUT2D eigenvalue weighted by atomic mass is 10.3. The van der Waals surface area contributed by atoms with Crippen LogP contribution >= 0.6 is 45.8 Å². The number of carbonyl (C=O) groups is 1. The van der Waals surface area contributed by atoms with Gasteiger partial charge in [-0.2, -0.15) is 0 Å². The summed E-state index contributed by atoms with van der Waals surface area (Å²) in [6.07, 6.45) is 0. The Balaban J connectivity index is 2.03. The van der Waals surface area contributed by atoms with E-state index < -0.39 is 0 Å². The lowest BCUT2D eigenvalue weighted by molar-refractivity contribution is 0.262. The molecule has 6 heteroatoms. The highest BCUT2D eigenvalue weighted by Gasteiger charge is 2.06. The summed E-state index contributed by atoms with van der Waals surface area (Å²) >= 11 is 13.7. The van der Waals surface area contributed by atoms with Crippen LogP contribution in [0.5, 0.6) is 0 Å². The Labute approximate surface area is 134 Å². The van der Waals surface area contributed by atoms with Gasteiger partial charge >= 0.3 is 6.03 Å². The van der Waals surface area contributed by atoms with Crippen molar-refractivity contribution in [2.24, 2.45) is 0 Å². The number of hydrogen-bond acceptors (Lipinski definition) is 1. The third-order valence-corrected chi connectivity index (χ3v) is 3.66. The van der Waals surface area contributed by atoms with Crippen molar-refractivity contribution in [3.05, 3.63) is 56.1 Å². The van der Waals surface area contributed by atoms with Crippen LogP contribution in [0.25, 0.3) is 0 Å². The molecule has 0 heterocycles. The Morgan fingerprint density at radius 3 is 2.21 bits per heavy atom. The summed E-state index contributed by atoms with van der Waals surface area (Å²) in [5.41, 5.74) is 1.38. The van der Waals surface area contributed by atoms with E-state index in [1.165, 1.54) is 0 Å². The number of urea groups is 1. The van der Waals surface area contributed by atoms with Crippen molar-refractivity contribution in [3.63, 3.8) is 0 Å². The van der Waals surface area contributed by atoms with E-state index in [9.17, 15) is 4.79 Å². The Morgan fingerprint density at radius 1 is 0.947 bits per heavy atom. The molecule has 0 aliphatic heterocycles. The molecular formula is C13H9Cl2IN2O. The van der Waals surface area contributed by atoms with Crippen LogP contribution in [0.4, 0.5) is 16.2 Å². The quantitative estimate of drug-likeness (QED) is 0.657. The Hall–Kier alpha value is -0.980. The van der Waals surface area contributed by atoms with Crippen LogP contribution in [0.1, 0.15) is 0 Å². The first-order valence-electron chi connectivity index (χ1n) is 5.33. The highest BCUT2D eigenvalue weighted by atomic mass is 127. The molecule has 3 nitrogen and oxygen atoms in total. The van der Waals surface area contributed by atoms with Crippen LogP contribution in [-0.2, 0) is 0 Å². The molecule has 19 heavy (non-hydrogen) atoms. The smallest absolute Gasteiger partial charge is 0.308 e. The van der Waals surface area contributed by atoms with Gasteiger partial charge in [0.1, 0.15) is 0 Å². The second-order valence-corrected chi connectivity index (χ2v) is 5.75. The van der Waals surface area contributed by atoms with Gasteiger partial charge in [0.25, 0.3) is 0 Å². The second kappa shape index (κ2) is 6.45. The maximum absolute atomic E-state index is 11.8. The van der Waals surface area contributed by atoms with Gasteiger partial charge in [-0.05, 0) is 65.1 Å². The van der Waals surface area contributed by atoms with Crippen molar-refractivity contribution >= 4 is 63.2 Å². The molecule has 0 atom stereocenters. The van der Waals surface area contributed by atoms with Crippen LogP contribution in [0.15, 0.2) is 42.5 Å². The summed E-state index contributed by atoms with van der Waals surface area (Å²) in [4.78, 5) is 11.8. The van der Waals surface area contributed by atoms with Crippen LogP contribution in [0.3, 0.4) is 0 Å². The van der Waals surface area contributed by atoms with Gasteiger partial charge in [0, 0.05) is 19.3 Å². The zero-order chi connectivity index (χ0) is 13.8. The van der Waals surface area contributed by atoms with E-state index in [1.54, 1.807) is 42.5 Å². The fourth-order valence-corrected chi connectivity index (χ4v) is 2.54. The summed E-state index contributed by atoms with van der Waals surface area (Å²) in [7, 11) is 0. The molecule has 0 spiro atoms. The van der Waals surface area contributed by atoms with Gasteiger partial charge in [-0.25, -0.2) is 4.79 Å². The van der Waals surface area contributed by atoms with Crippen molar-refractivity contribution in [3.8, 4) is 0 Å². The summed E-state index contributed by atoms with van der Waals surface area (Å²) in [6.45, 7) is 0. The number of nitrogens with one attached hydrogen (secondary N) is 2. The third kappa shape index (κ3) is 4.26. The molecule has 2 aromatic rings. The molecule has 2 rings (SSSR count). The minimum absolute atomic E-state index is 0.317. The Kier molecular flexibility index (Phi) is 4.90. The number of anilines is 2. The van der Waals surface area contributed by atoms with E-state index in [1.807, 2.05) is 0 Å². The molecule has 0 bridgehead atoms.